The minimum absolute atomic E-state index is 0.697. The molecule has 0 spiro atoms. The fourth-order valence-electron chi connectivity index (χ4n) is 0.650. The third-order valence-corrected chi connectivity index (χ3v) is 1.67. The van der Waals surface area contributed by atoms with Crippen LogP contribution in [-0.2, 0) is 0 Å². The van der Waals surface area contributed by atoms with Crippen LogP contribution in [0.2, 0.25) is 0 Å². The lowest BCUT2D eigenvalue weighted by atomic mass is 10.2. The van der Waals surface area contributed by atoms with Crippen LogP contribution in [0, 0.1) is 5.92 Å². The van der Waals surface area contributed by atoms with Crippen molar-refractivity contribution in [1.82, 2.24) is 5.32 Å². The maximum absolute atomic E-state index is 3.71. The van der Waals surface area contributed by atoms with E-state index >= 15 is 0 Å². The van der Waals surface area contributed by atoms with Crippen LogP contribution in [-0.4, -0.2) is 6.54 Å². The van der Waals surface area contributed by atoms with E-state index in [4.69, 9.17) is 0 Å². The highest BCUT2D eigenvalue weighted by molar-refractivity contribution is 5.18. The minimum Gasteiger partial charge on any atom is -0.388 e. The summed E-state index contributed by atoms with van der Waals surface area (Å²) >= 11 is 0. The van der Waals surface area contributed by atoms with Gasteiger partial charge in [0.2, 0.25) is 0 Å². The van der Waals surface area contributed by atoms with Gasteiger partial charge in [0.1, 0.15) is 0 Å². The van der Waals surface area contributed by atoms with E-state index in [2.05, 4.69) is 39.6 Å². The van der Waals surface area contributed by atoms with E-state index in [-0.39, 0.29) is 0 Å². The highest BCUT2D eigenvalue weighted by atomic mass is 14.9. The summed E-state index contributed by atoms with van der Waals surface area (Å²) in [4.78, 5) is 0. The van der Waals surface area contributed by atoms with Gasteiger partial charge in [-0.1, -0.05) is 26.5 Å². The van der Waals surface area contributed by atoms with Crippen LogP contribution in [0.25, 0.3) is 0 Å². The lowest BCUT2D eigenvalue weighted by molar-refractivity contribution is 0.594. The zero-order valence-electron chi connectivity index (χ0n) is 8.07. The summed E-state index contributed by atoms with van der Waals surface area (Å²) in [6.45, 7) is 13.3. The van der Waals surface area contributed by atoms with Gasteiger partial charge < -0.3 is 5.32 Å². The molecule has 0 amide bonds. The van der Waals surface area contributed by atoms with Crippen molar-refractivity contribution < 1.29 is 0 Å². The molecule has 0 radical (unpaired) electrons. The van der Waals surface area contributed by atoms with Crippen LogP contribution in [0.15, 0.2) is 23.9 Å². The van der Waals surface area contributed by atoms with Crippen LogP contribution in [0.5, 0.6) is 0 Å². The fourth-order valence-corrected chi connectivity index (χ4v) is 0.650. The maximum atomic E-state index is 3.71. The average molecular weight is 153 g/mol. The van der Waals surface area contributed by atoms with Crippen molar-refractivity contribution >= 4 is 0 Å². The van der Waals surface area contributed by atoms with Gasteiger partial charge in [-0.25, -0.2) is 0 Å². The van der Waals surface area contributed by atoms with Crippen molar-refractivity contribution in [1.29, 1.82) is 0 Å². The van der Waals surface area contributed by atoms with E-state index in [1.807, 2.05) is 6.08 Å². The molecule has 0 aliphatic rings. The summed E-state index contributed by atoms with van der Waals surface area (Å²) < 4.78 is 0. The van der Waals surface area contributed by atoms with Crippen molar-refractivity contribution in [2.45, 2.75) is 27.7 Å². The quantitative estimate of drug-likeness (QED) is 0.612. The second kappa shape index (κ2) is 5.00. The third-order valence-electron chi connectivity index (χ3n) is 1.67. The average Bonchev–Trinajstić information content (AvgIpc) is 1.98. The van der Waals surface area contributed by atoms with E-state index in [1.165, 1.54) is 11.3 Å². The summed E-state index contributed by atoms with van der Waals surface area (Å²) in [5, 5.41) is 3.34. The monoisotopic (exact) mass is 153 g/mol. The molecule has 0 saturated heterocycles. The van der Waals surface area contributed by atoms with Gasteiger partial charge in [-0.15, -0.1) is 0 Å². The van der Waals surface area contributed by atoms with Gasteiger partial charge in [0.05, 0.1) is 0 Å². The molecule has 0 rings (SSSR count). The van der Waals surface area contributed by atoms with Crippen molar-refractivity contribution in [3.63, 3.8) is 0 Å². The Balaban J connectivity index is 3.85. The van der Waals surface area contributed by atoms with Crippen molar-refractivity contribution in [3.8, 4) is 0 Å². The highest BCUT2D eigenvalue weighted by Gasteiger charge is 1.94. The normalized spacial score (nSPS) is 12.8. The Bertz CT molecular complexity index is 154. The van der Waals surface area contributed by atoms with Gasteiger partial charge in [0.15, 0.2) is 0 Å². The number of nitrogens with one attached hydrogen (secondary N) is 1. The Labute approximate surface area is 70.2 Å². The van der Waals surface area contributed by atoms with E-state index in [0.29, 0.717) is 5.92 Å². The van der Waals surface area contributed by atoms with E-state index < -0.39 is 0 Å². The molecule has 0 bridgehead atoms. The van der Waals surface area contributed by atoms with Crippen molar-refractivity contribution in [2.75, 3.05) is 6.54 Å². The summed E-state index contributed by atoms with van der Waals surface area (Å²) in [5.74, 6) is 0.697. The van der Waals surface area contributed by atoms with Crippen molar-refractivity contribution in [3.05, 3.63) is 23.9 Å². The fraction of sp³-hybridized carbons (Fsp3) is 0.600. The molecule has 11 heavy (non-hydrogen) atoms. The zero-order valence-corrected chi connectivity index (χ0v) is 8.07. The first-order valence-corrected chi connectivity index (χ1v) is 4.11. The smallest absolute Gasteiger partial charge is 0.0167 e. The number of hydrogen-bond donors (Lipinski definition) is 1. The lowest BCUT2D eigenvalue weighted by Crippen LogP contribution is -2.18. The summed E-state index contributed by atoms with van der Waals surface area (Å²) in [5.41, 5.74) is 2.46. The molecule has 0 aromatic rings. The molecule has 0 fully saturated rings. The van der Waals surface area contributed by atoms with E-state index in [1.54, 1.807) is 0 Å². The molecule has 0 saturated carbocycles. The highest BCUT2D eigenvalue weighted by Crippen LogP contribution is 2.00. The van der Waals surface area contributed by atoms with Gasteiger partial charge in [-0.05, 0) is 25.3 Å². The predicted molar refractivity (Wildman–Crippen MR) is 51.4 cm³/mol. The first-order valence-electron chi connectivity index (χ1n) is 4.11. The number of hydrogen-bond acceptors (Lipinski definition) is 1. The molecule has 64 valence electrons. The second-order valence-corrected chi connectivity index (χ2v) is 3.29. The molecule has 0 heterocycles. The minimum atomic E-state index is 0.697. The zero-order chi connectivity index (χ0) is 8.85. The lowest BCUT2D eigenvalue weighted by Gasteiger charge is -2.10. The van der Waals surface area contributed by atoms with Gasteiger partial charge in [-0.3, -0.25) is 0 Å². The maximum Gasteiger partial charge on any atom is 0.0167 e. The van der Waals surface area contributed by atoms with Gasteiger partial charge in [0, 0.05) is 12.2 Å². The van der Waals surface area contributed by atoms with Gasteiger partial charge in [-0.2, -0.15) is 0 Å². The van der Waals surface area contributed by atoms with E-state index in [0.717, 1.165) is 6.54 Å². The van der Waals surface area contributed by atoms with Crippen molar-refractivity contribution in [2.24, 2.45) is 5.92 Å². The molecule has 1 nitrogen and oxygen atoms in total. The Morgan fingerprint density at radius 3 is 2.36 bits per heavy atom. The summed E-state index contributed by atoms with van der Waals surface area (Å²) in [7, 11) is 0. The Kier molecular flexibility index (Phi) is 4.67. The number of allylic oxidation sites excluding steroid dienone is 3. The summed E-state index contributed by atoms with van der Waals surface area (Å²) in [6, 6.07) is 0. The van der Waals surface area contributed by atoms with Crippen LogP contribution >= 0.6 is 0 Å². The standard InChI is InChI=1S/C10H19N/c1-6-9(4)10(5)11-7-8(2)3/h6,8,11H,1,7H2,2-5H3/b10-9+. The van der Waals surface area contributed by atoms with Gasteiger partial charge in [0.25, 0.3) is 0 Å². The molecule has 0 aromatic heterocycles. The first-order chi connectivity index (χ1) is 5.07. The Morgan fingerprint density at radius 1 is 1.45 bits per heavy atom. The Morgan fingerprint density at radius 2 is 2.00 bits per heavy atom. The molecule has 0 aliphatic carbocycles. The van der Waals surface area contributed by atoms with Crippen LogP contribution in [0.3, 0.4) is 0 Å². The topological polar surface area (TPSA) is 12.0 Å². The number of rotatable bonds is 4. The molecule has 0 unspecified atom stereocenters. The molecule has 0 aromatic carbocycles. The van der Waals surface area contributed by atoms with Crippen LogP contribution in [0.1, 0.15) is 27.7 Å². The molecular formula is C10H19N. The van der Waals surface area contributed by atoms with Crippen LogP contribution in [0.4, 0.5) is 0 Å². The molecule has 1 heteroatoms. The summed E-state index contributed by atoms with van der Waals surface area (Å²) in [6.07, 6.45) is 1.88. The third kappa shape index (κ3) is 4.65. The molecule has 0 aliphatic heterocycles. The molecular weight excluding hydrogens is 134 g/mol. The van der Waals surface area contributed by atoms with E-state index in [9.17, 15) is 0 Å². The SMILES string of the molecule is C=C/C(C)=C(\C)NCC(C)C. The molecule has 1 N–H and O–H groups in total. The predicted octanol–water partition coefficient (Wildman–Crippen LogP) is 2.71. The van der Waals surface area contributed by atoms with Gasteiger partial charge >= 0.3 is 0 Å². The molecule has 0 atom stereocenters. The Hall–Kier alpha value is -0.720. The largest absolute Gasteiger partial charge is 0.388 e. The first kappa shape index (κ1) is 10.3. The second-order valence-electron chi connectivity index (χ2n) is 3.29. The van der Waals surface area contributed by atoms with Crippen LogP contribution < -0.4 is 5.32 Å².